The molecule has 0 amide bonds. The quantitative estimate of drug-likeness (QED) is 0.440. The second-order valence-electron chi connectivity index (χ2n) is 10.4. The van der Waals surface area contributed by atoms with Crippen LogP contribution in [0.5, 0.6) is 0 Å². The summed E-state index contributed by atoms with van der Waals surface area (Å²) in [4.78, 5) is 26.6. The van der Waals surface area contributed by atoms with E-state index in [0.717, 1.165) is 53.7 Å². The van der Waals surface area contributed by atoms with Gasteiger partial charge >= 0.3 is 0 Å². The van der Waals surface area contributed by atoms with Crippen LogP contribution in [-0.2, 0) is 12.6 Å². The Morgan fingerprint density at radius 2 is 1.83 bits per heavy atom. The van der Waals surface area contributed by atoms with Gasteiger partial charge in [0.25, 0.3) is 5.56 Å². The first kappa shape index (κ1) is 22.7. The van der Waals surface area contributed by atoms with Crippen LogP contribution in [0.4, 0.5) is 5.69 Å². The van der Waals surface area contributed by atoms with Crippen molar-refractivity contribution in [2.24, 2.45) is 7.05 Å². The monoisotopic (exact) mass is 482 g/mol. The molecule has 1 saturated heterocycles. The average Bonchev–Trinajstić information content (AvgIpc) is 3.56. The number of fused-ring (bicyclic) bond motifs is 2. The molecule has 184 valence electrons. The highest BCUT2D eigenvalue weighted by molar-refractivity contribution is 5.88. The third kappa shape index (κ3) is 3.47. The predicted octanol–water partition coefficient (Wildman–Crippen LogP) is 3.35. The zero-order valence-corrected chi connectivity index (χ0v) is 21.1. The molecule has 4 aromatic rings. The van der Waals surface area contributed by atoms with Crippen LogP contribution >= 0.6 is 0 Å². The molecule has 36 heavy (non-hydrogen) atoms. The van der Waals surface area contributed by atoms with Crippen molar-refractivity contribution in [3.05, 3.63) is 58.8 Å². The molecule has 1 unspecified atom stereocenters. The van der Waals surface area contributed by atoms with Crippen LogP contribution < -0.4 is 10.5 Å². The Labute approximate surface area is 209 Å². The molecule has 0 radical (unpaired) electrons. The second kappa shape index (κ2) is 8.14. The molecule has 1 aliphatic carbocycles. The van der Waals surface area contributed by atoms with E-state index in [4.69, 9.17) is 5.10 Å². The molecule has 1 aliphatic heterocycles. The number of aromatic nitrogens is 5. The van der Waals surface area contributed by atoms with Gasteiger partial charge in [-0.05, 0) is 51.3 Å². The molecule has 9 heteroatoms. The van der Waals surface area contributed by atoms with E-state index in [-0.39, 0.29) is 23.7 Å². The van der Waals surface area contributed by atoms with E-state index in [2.05, 4.69) is 58.7 Å². The van der Waals surface area contributed by atoms with E-state index < -0.39 is 5.54 Å². The molecule has 0 N–H and O–H groups in total. The fourth-order valence-electron chi connectivity index (χ4n) is 5.60. The summed E-state index contributed by atoms with van der Waals surface area (Å²) in [5.74, 6) is 0. The van der Waals surface area contributed by atoms with Crippen molar-refractivity contribution in [3.63, 3.8) is 0 Å². The maximum atomic E-state index is 12.9. The van der Waals surface area contributed by atoms with Gasteiger partial charge in [0.15, 0.2) is 0 Å². The van der Waals surface area contributed by atoms with E-state index >= 15 is 0 Å². The lowest BCUT2D eigenvalue weighted by molar-refractivity contribution is 0.119. The van der Waals surface area contributed by atoms with Gasteiger partial charge in [-0.1, -0.05) is 6.07 Å². The maximum absolute atomic E-state index is 12.9. The fourth-order valence-corrected chi connectivity index (χ4v) is 5.60. The highest BCUT2D eigenvalue weighted by atomic mass is 16.1. The van der Waals surface area contributed by atoms with Crippen molar-refractivity contribution in [2.45, 2.75) is 57.3 Å². The number of benzene rings is 1. The molecule has 1 aromatic carbocycles. The summed E-state index contributed by atoms with van der Waals surface area (Å²) in [6, 6.07) is 11.1. The Bertz CT molecular complexity index is 1580. The third-order valence-electron chi connectivity index (χ3n) is 8.08. The summed E-state index contributed by atoms with van der Waals surface area (Å²) in [6.07, 6.45) is 6.91. The summed E-state index contributed by atoms with van der Waals surface area (Å²) < 4.78 is 3.40. The number of piperazine rings is 1. The molecule has 0 bridgehead atoms. The van der Waals surface area contributed by atoms with E-state index in [1.54, 1.807) is 34.8 Å². The Balaban J connectivity index is 1.32. The van der Waals surface area contributed by atoms with Gasteiger partial charge < -0.3 is 9.47 Å². The first-order valence-corrected chi connectivity index (χ1v) is 12.6. The van der Waals surface area contributed by atoms with Crippen LogP contribution in [0.3, 0.4) is 0 Å². The first-order chi connectivity index (χ1) is 17.3. The zero-order chi connectivity index (χ0) is 25.2. The highest BCUT2D eigenvalue weighted by Gasteiger charge is 2.46. The number of rotatable bonds is 4. The lowest BCUT2D eigenvalue weighted by atomic mass is 10.00. The van der Waals surface area contributed by atoms with Crippen molar-refractivity contribution >= 4 is 27.8 Å². The third-order valence-corrected chi connectivity index (χ3v) is 8.08. The Morgan fingerprint density at radius 1 is 1.08 bits per heavy atom. The van der Waals surface area contributed by atoms with Crippen molar-refractivity contribution in [1.82, 2.24) is 29.2 Å². The van der Waals surface area contributed by atoms with E-state index in [1.165, 1.54) is 5.56 Å². The number of anilines is 1. The van der Waals surface area contributed by atoms with Crippen LogP contribution in [0.1, 0.15) is 45.2 Å². The summed E-state index contributed by atoms with van der Waals surface area (Å²) in [5, 5.41) is 14.5. The summed E-state index contributed by atoms with van der Waals surface area (Å²) >= 11 is 0. The number of nitrogens with zero attached hydrogens (tertiary/aromatic N) is 8. The minimum atomic E-state index is -0.566. The largest absolute Gasteiger partial charge is 0.364 e. The highest BCUT2D eigenvalue weighted by Crippen LogP contribution is 2.43. The minimum Gasteiger partial charge on any atom is -0.364 e. The predicted molar refractivity (Wildman–Crippen MR) is 139 cm³/mol. The van der Waals surface area contributed by atoms with Crippen LogP contribution in [0, 0.1) is 11.3 Å². The molecule has 2 aliphatic rings. The summed E-state index contributed by atoms with van der Waals surface area (Å²) in [7, 11) is 1.77. The number of pyridine rings is 1. The molecular formula is C27H30N8O. The summed E-state index contributed by atoms with van der Waals surface area (Å²) in [5.41, 5.74) is 4.81. The SMILES string of the molecule is CC(c1ccc2nccnc2c1)N1C[C@H](C)N(c2cc(=O)n(C)c3cn(C4(C#N)CC4)nc23)C[C@H]1C. The standard InChI is InChI=1S/C27H30N8O/c1-17-14-34(18(2)13-33(17)19(3)20-5-6-21-22(11-20)30-10-9-29-21)23-12-25(36)32(4)24-15-35(31-26(23)24)27(16-28)7-8-27/h5-6,9-12,15,17-19H,7-8,13-14H2,1-4H3/t17-,18+,19?/m1/s1. The first-order valence-electron chi connectivity index (χ1n) is 12.6. The molecule has 2 fully saturated rings. The number of aryl methyl sites for hydroxylation is 1. The average molecular weight is 483 g/mol. The normalized spacial score (nSPS) is 22.6. The number of hydrogen-bond acceptors (Lipinski definition) is 7. The van der Waals surface area contributed by atoms with Gasteiger partial charge in [-0.2, -0.15) is 10.4 Å². The van der Waals surface area contributed by atoms with Crippen LogP contribution in [0.25, 0.3) is 22.1 Å². The smallest absolute Gasteiger partial charge is 0.252 e. The van der Waals surface area contributed by atoms with Gasteiger partial charge in [0, 0.05) is 56.7 Å². The van der Waals surface area contributed by atoms with Gasteiger partial charge in [-0.25, -0.2) is 4.68 Å². The number of nitriles is 1. The Morgan fingerprint density at radius 3 is 2.56 bits per heavy atom. The van der Waals surface area contributed by atoms with Gasteiger partial charge in [0.1, 0.15) is 11.1 Å². The van der Waals surface area contributed by atoms with E-state index in [9.17, 15) is 10.1 Å². The lowest BCUT2D eigenvalue weighted by Gasteiger charge is -2.47. The van der Waals surface area contributed by atoms with Gasteiger partial charge in [0.2, 0.25) is 0 Å². The topological polar surface area (TPSA) is 95.9 Å². The van der Waals surface area contributed by atoms with E-state index in [1.807, 2.05) is 12.3 Å². The van der Waals surface area contributed by atoms with Crippen LogP contribution in [0.2, 0.25) is 0 Å². The minimum absolute atomic E-state index is 0.0632. The van der Waals surface area contributed by atoms with Crippen LogP contribution in [0.15, 0.2) is 47.7 Å². The summed E-state index contributed by atoms with van der Waals surface area (Å²) in [6.45, 7) is 8.31. The van der Waals surface area contributed by atoms with E-state index in [0.29, 0.717) is 0 Å². The molecule has 3 aromatic heterocycles. The van der Waals surface area contributed by atoms with Crippen molar-refractivity contribution in [2.75, 3.05) is 18.0 Å². The molecule has 1 saturated carbocycles. The molecule has 4 heterocycles. The van der Waals surface area contributed by atoms with Gasteiger partial charge in [-0.3, -0.25) is 19.7 Å². The Hall–Kier alpha value is -3.77. The lowest BCUT2D eigenvalue weighted by Crippen LogP contribution is -2.57. The van der Waals surface area contributed by atoms with Crippen molar-refractivity contribution in [3.8, 4) is 6.07 Å². The Kier molecular flexibility index (Phi) is 5.12. The van der Waals surface area contributed by atoms with Gasteiger partial charge in [0.05, 0.1) is 34.5 Å². The van der Waals surface area contributed by atoms with Crippen LogP contribution in [-0.4, -0.2) is 54.4 Å². The van der Waals surface area contributed by atoms with Crippen molar-refractivity contribution in [1.29, 1.82) is 5.26 Å². The number of hydrogen-bond donors (Lipinski definition) is 0. The fraction of sp³-hybridized carbons (Fsp3) is 0.444. The zero-order valence-electron chi connectivity index (χ0n) is 21.1. The molecule has 6 rings (SSSR count). The molecule has 9 nitrogen and oxygen atoms in total. The molecule has 3 atom stereocenters. The molecule has 0 spiro atoms. The van der Waals surface area contributed by atoms with Crippen molar-refractivity contribution < 1.29 is 0 Å². The maximum Gasteiger partial charge on any atom is 0.252 e. The second-order valence-corrected chi connectivity index (χ2v) is 10.4. The molecular weight excluding hydrogens is 452 g/mol. The van der Waals surface area contributed by atoms with Gasteiger partial charge in [-0.15, -0.1) is 0 Å².